The quantitative estimate of drug-likeness (QED) is 0.790. The molecule has 1 heterocycles. The van der Waals surface area contributed by atoms with Gasteiger partial charge >= 0.3 is 0 Å². The molecule has 0 atom stereocenters. The molecule has 0 aliphatic heterocycles. The van der Waals surface area contributed by atoms with E-state index in [1.165, 1.54) is 0 Å². The highest BCUT2D eigenvalue weighted by Crippen LogP contribution is 2.06. The van der Waals surface area contributed by atoms with Gasteiger partial charge in [-0.05, 0) is 18.1 Å². The fourth-order valence-corrected chi connectivity index (χ4v) is 1.60. The van der Waals surface area contributed by atoms with Crippen molar-refractivity contribution < 1.29 is 4.79 Å². The van der Waals surface area contributed by atoms with E-state index in [-0.39, 0.29) is 5.91 Å². The molecule has 0 spiro atoms. The van der Waals surface area contributed by atoms with Crippen LogP contribution in [0.25, 0.3) is 0 Å². The van der Waals surface area contributed by atoms with Gasteiger partial charge in [-0.2, -0.15) is 0 Å². The van der Waals surface area contributed by atoms with Crippen LogP contribution in [-0.4, -0.2) is 17.0 Å². The smallest absolute Gasteiger partial charge is 0.267 e. The van der Waals surface area contributed by atoms with E-state index in [2.05, 4.69) is 19.2 Å². The van der Waals surface area contributed by atoms with Crippen LogP contribution in [-0.2, 0) is 7.05 Å². The van der Waals surface area contributed by atoms with Gasteiger partial charge in [-0.15, -0.1) is 0 Å². The Morgan fingerprint density at radius 3 is 2.60 bits per heavy atom. The van der Waals surface area contributed by atoms with Crippen molar-refractivity contribution in [1.82, 2.24) is 9.88 Å². The molecule has 3 heteroatoms. The molecule has 0 aromatic carbocycles. The highest BCUT2D eigenvalue weighted by atomic mass is 16.1. The first-order valence-corrected chi connectivity index (χ1v) is 5.58. The molecule has 1 aromatic rings. The number of hydrogen-bond donors (Lipinski definition) is 1. The third kappa shape index (κ3) is 3.11. The molecule has 1 amide bonds. The number of nitrogens with one attached hydrogen (secondary N) is 1. The van der Waals surface area contributed by atoms with Crippen LogP contribution in [0.4, 0.5) is 0 Å². The predicted octanol–water partition coefficient (Wildman–Crippen LogP) is 2.19. The van der Waals surface area contributed by atoms with Crippen molar-refractivity contribution in [3.63, 3.8) is 0 Å². The third-order valence-corrected chi connectivity index (χ3v) is 2.88. The van der Waals surface area contributed by atoms with E-state index in [0.29, 0.717) is 5.92 Å². The molecule has 0 radical (unpaired) electrons. The van der Waals surface area contributed by atoms with Crippen LogP contribution in [0.5, 0.6) is 0 Å². The normalized spacial score (nSPS) is 10.7. The van der Waals surface area contributed by atoms with Crippen LogP contribution in [0.2, 0.25) is 0 Å². The second-order valence-corrected chi connectivity index (χ2v) is 3.90. The van der Waals surface area contributed by atoms with Crippen molar-refractivity contribution in [2.24, 2.45) is 13.0 Å². The summed E-state index contributed by atoms with van der Waals surface area (Å²) in [6.07, 6.45) is 4.11. The molecule has 15 heavy (non-hydrogen) atoms. The number of aryl methyl sites for hydroxylation is 1. The van der Waals surface area contributed by atoms with Crippen LogP contribution in [0.3, 0.4) is 0 Å². The Labute approximate surface area is 91.5 Å². The van der Waals surface area contributed by atoms with E-state index in [9.17, 15) is 4.79 Å². The van der Waals surface area contributed by atoms with Crippen LogP contribution >= 0.6 is 0 Å². The number of carbonyl (C=O) groups excluding carboxylic acids is 1. The molecule has 0 aliphatic rings. The number of aromatic nitrogens is 1. The molecular weight excluding hydrogens is 188 g/mol. The molecule has 3 nitrogen and oxygen atoms in total. The Bertz CT molecular complexity index is 313. The van der Waals surface area contributed by atoms with Crippen molar-refractivity contribution >= 4 is 5.91 Å². The third-order valence-electron chi connectivity index (χ3n) is 2.88. The van der Waals surface area contributed by atoms with Crippen molar-refractivity contribution in [3.8, 4) is 0 Å². The lowest BCUT2D eigenvalue weighted by atomic mass is 10.0. The van der Waals surface area contributed by atoms with Gasteiger partial charge in [0.05, 0.1) is 0 Å². The first kappa shape index (κ1) is 11.8. The van der Waals surface area contributed by atoms with Crippen LogP contribution < -0.4 is 5.32 Å². The maximum Gasteiger partial charge on any atom is 0.267 e. The summed E-state index contributed by atoms with van der Waals surface area (Å²) in [5.41, 5.74) is 0.723. The molecule has 0 unspecified atom stereocenters. The molecule has 0 saturated carbocycles. The second kappa shape index (κ2) is 5.59. The summed E-state index contributed by atoms with van der Waals surface area (Å²) in [4.78, 5) is 11.7. The van der Waals surface area contributed by atoms with E-state index >= 15 is 0 Å². The Morgan fingerprint density at radius 2 is 2.13 bits per heavy atom. The van der Waals surface area contributed by atoms with Gasteiger partial charge in [0.25, 0.3) is 5.91 Å². The predicted molar refractivity (Wildman–Crippen MR) is 61.8 cm³/mol. The fraction of sp³-hybridized carbons (Fsp3) is 0.583. The molecule has 0 fully saturated rings. The lowest BCUT2D eigenvalue weighted by molar-refractivity contribution is 0.0938. The fourth-order valence-electron chi connectivity index (χ4n) is 1.60. The van der Waals surface area contributed by atoms with Crippen LogP contribution in [0.1, 0.15) is 37.2 Å². The topological polar surface area (TPSA) is 34.0 Å². The maximum atomic E-state index is 11.7. The van der Waals surface area contributed by atoms with Crippen LogP contribution in [0.15, 0.2) is 18.3 Å². The largest absolute Gasteiger partial charge is 0.350 e. The van der Waals surface area contributed by atoms with Gasteiger partial charge in [0.1, 0.15) is 5.69 Å². The average molecular weight is 208 g/mol. The number of rotatable bonds is 5. The van der Waals surface area contributed by atoms with Crippen molar-refractivity contribution in [3.05, 3.63) is 24.0 Å². The van der Waals surface area contributed by atoms with Gasteiger partial charge in [0.2, 0.25) is 0 Å². The van der Waals surface area contributed by atoms with Gasteiger partial charge in [-0.3, -0.25) is 4.79 Å². The second-order valence-electron chi connectivity index (χ2n) is 3.90. The Hall–Kier alpha value is -1.25. The molecule has 84 valence electrons. The molecular formula is C12H20N2O. The zero-order valence-corrected chi connectivity index (χ0v) is 9.79. The summed E-state index contributed by atoms with van der Waals surface area (Å²) >= 11 is 0. The average Bonchev–Trinajstić information content (AvgIpc) is 2.66. The molecule has 0 bridgehead atoms. The van der Waals surface area contributed by atoms with E-state index < -0.39 is 0 Å². The Kier molecular flexibility index (Phi) is 4.40. The number of hydrogen-bond acceptors (Lipinski definition) is 1. The van der Waals surface area contributed by atoms with E-state index in [1.807, 2.05) is 29.9 Å². The number of nitrogens with zero attached hydrogens (tertiary/aromatic N) is 1. The van der Waals surface area contributed by atoms with E-state index in [0.717, 1.165) is 25.1 Å². The lowest BCUT2D eigenvalue weighted by Gasteiger charge is -2.13. The zero-order chi connectivity index (χ0) is 11.3. The molecule has 1 aromatic heterocycles. The molecule has 1 rings (SSSR count). The summed E-state index contributed by atoms with van der Waals surface area (Å²) < 4.78 is 1.84. The number of carbonyl (C=O) groups is 1. The van der Waals surface area contributed by atoms with Gasteiger partial charge in [-0.25, -0.2) is 0 Å². The Balaban J connectivity index is 2.47. The monoisotopic (exact) mass is 208 g/mol. The van der Waals surface area contributed by atoms with E-state index in [1.54, 1.807) is 0 Å². The SMILES string of the molecule is CCC(CC)CNC(=O)c1cccn1C. The minimum absolute atomic E-state index is 0.0226. The zero-order valence-electron chi connectivity index (χ0n) is 9.79. The first-order valence-electron chi connectivity index (χ1n) is 5.58. The summed E-state index contributed by atoms with van der Waals surface area (Å²) in [6.45, 7) is 5.09. The minimum Gasteiger partial charge on any atom is -0.350 e. The van der Waals surface area contributed by atoms with Gasteiger partial charge < -0.3 is 9.88 Å². The molecule has 0 saturated heterocycles. The van der Waals surface area contributed by atoms with Gasteiger partial charge in [0.15, 0.2) is 0 Å². The Morgan fingerprint density at radius 1 is 1.47 bits per heavy atom. The lowest BCUT2D eigenvalue weighted by Crippen LogP contribution is -2.30. The van der Waals surface area contributed by atoms with Gasteiger partial charge in [0, 0.05) is 19.8 Å². The molecule has 1 N–H and O–H groups in total. The van der Waals surface area contributed by atoms with Crippen molar-refractivity contribution in [2.75, 3.05) is 6.54 Å². The first-order chi connectivity index (χ1) is 7.19. The summed E-state index contributed by atoms with van der Waals surface area (Å²) in [5, 5.41) is 2.97. The van der Waals surface area contributed by atoms with Gasteiger partial charge in [-0.1, -0.05) is 26.7 Å². The van der Waals surface area contributed by atoms with Crippen molar-refractivity contribution in [2.45, 2.75) is 26.7 Å². The summed E-state index contributed by atoms with van der Waals surface area (Å²) in [7, 11) is 1.88. The summed E-state index contributed by atoms with van der Waals surface area (Å²) in [5.74, 6) is 0.614. The highest BCUT2D eigenvalue weighted by molar-refractivity contribution is 5.92. The van der Waals surface area contributed by atoms with Crippen LogP contribution in [0, 0.1) is 5.92 Å². The standard InChI is InChI=1S/C12H20N2O/c1-4-10(5-2)9-13-12(15)11-7-6-8-14(11)3/h6-8,10H,4-5,9H2,1-3H3,(H,13,15). The highest BCUT2D eigenvalue weighted by Gasteiger charge is 2.10. The summed E-state index contributed by atoms with van der Waals surface area (Å²) in [6, 6.07) is 3.72. The minimum atomic E-state index is 0.0226. The van der Waals surface area contributed by atoms with Crippen molar-refractivity contribution in [1.29, 1.82) is 0 Å². The van der Waals surface area contributed by atoms with E-state index in [4.69, 9.17) is 0 Å². The number of amides is 1. The maximum absolute atomic E-state index is 11.7. The molecule has 0 aliphatic carbocycles.